The molecule has 0 amide bonds. The van der Waals surface area contributed by atoms with E-state index in [1.807, 2.05) is 0 Å². The fourth-order valence-corrected chi connectivity index (χ4v) is 2.93. The van der Waals surface area contributed by atoms with E-state index in [0.717, 1.165) is 12.6 Å². The van der Waals surface area contributed by atoms with Gasteiger partial charge in [-0.05, 0) is 51.9 Å². The maximum Gasteiger partial charge on any atom is 0.0591 e. The van der Waals surface area contributed by atoms with Crippen molar-refractivity contribution < 1.29 is 5.11 Å². The monoisotopic (exact) mass is 242 g/mol. The minimum absolute atomic E-state index is 0.144. The average molecular weight is 242 g/mol. The van der Waals surface area contributed by atoms with E-state index in [2.05, 4.69) is 44.7 Å². The van der Waals surface area contributed by atoms with Gasteiger partial charge in [0.1, 0.15) is 0 Å². The van der Waals surface area contributed by atoms with E-state index in [-0.39, 0.29) is 18.1 Å². The minimum atomic E-state index is 0.144. The van der Waals surface area contributed by atoms with Crippen LogP contribution in [0.3, 0.4) is 0 Å². The van der Waals surface area contributed by atoms with Crippen LogP contribution in [0.1, 0.15) is 40.0 Å². The summed E-state index contributed by atoms with van der Waals surface area (Å²) in [4.78, 5) is 4.80. The summed E-state index contributed by atoms with van der Waals surface area (Å²) in [7, 11) is 4.37. The first-order valence-corrected chi connectivity index (χ1v) is 6.87. The molecule has 0 aromatic carbocycles. The largest absolute Gasteiger partial charge is 0.395 e. The van der Waals surface area contributed by atoms with Crippen molar-refractivity contribution in [2.24, 2.45) is 5.41 Å². The Hall–Kier alpha value is -0.120. The number of likely N-dealkylation sites (tertiary alicyclic amines) is 1. The summed E-state index contributed by atoms with van der Waals surface area (Å²) in [6, 6.07) is 1.01. The molecule has 0 bridgehead atoms. The third-order valence-electron chi connectivity index (χ3n) is 4.19. The van der Waals surface area contributed by atoms with Crippen LogP contribution in [0, 0.1) is 5.41 Å². The summed E-state index contributed by atoms with van der Waals surface area (Å²) in [6.07, 6.45) is 3.90. The van der Waals surface area contributed by atoms with Gasteiger partial charge < -0.3 is 14.9 Å². The molecule has 0 spiro atoms. The predicted molar refractivity (Wildman–Crippen MR) is 73.2 cm³/mol. The molecule has 0 aromatic heterocycles. The molecule has 3 nitrogen and oxygen atoms in total. The molecule has 2 atom stereocenters. The Morgan fingerprint density at radius 3 is 2.47 bits per heavy atom. The first-order chi connectivity index (χ1) is 7.86. The van der Waals surface area contributed by atoms with E-state index < -0.39 is 0 Å². The third kappa shape index (κ3) is 4.23. The predicted octanol–water partition coefficient (Wildman–Crippen LogP) is 1.81. The molecule has 3 heteroatoms. The Bertz CT molecular complexity index is 225. The molecule has 0 aliphatic carbocycles. The lowest BCUT2D eigenvalue weighted by atomic mass is 9.86. The fraction of sp³-hybridized carbons (Fsp3) is 1.00. The van der Waals surface area contributed by atoms with Gasteiger partial charge in [0.25, 0.3) is 0 Å². The quantitative estimate of drug-likeness (QED) is 0.796. The van der Waals surface area contributed by atoms with E-state index in [4.69, 9.17) is 0 Å². The van der Waals surface area contributed by atoms with Crippen molar-refractivity contribution in [3.63, 3.8) is 0 Å². The molecule has 17 heavy (non-hydrogen) atoms. The lowest BCUT2D eigenvalue weighted by Crippen LogP contribution is -2.45. The lowest BCUT2D eigenvalue weighted by molar-refractivity contribution is 0.0613. The van der Waals surface area contributed by atoms with E-state index in [0.29, 0.717) is 0 Å². The van der Waals surface area contributed by atoms with E-state index in [9.17, 15) is 5.11 Å². The average Bonchev–Trinajstić information content (AvgIpc) is 2.60. The highest BCUT2D eigenvalue weighted by molar-refractivity contribution is 4.83. The minimum Gasteiger partial charge on any atom is -0.395 e. The fourth-order valence-electron chi connectivity index (χ4n) is 2.93. The van der Waals surface area contributed by atoms with Gasteiger partial charge >= 0.3 is 0 Å². The first kappa shape index (κ1) is 14.9. The van der Waals surface area contributed by atoms with Crippen LogP contribution in [0.2, 0.25) is 0 Å². The van der Waals surface area contributed by atoms with Crippen molar-refractivity contribution in [3.05, 3.63) is 0 Å². The molecule has 102 valence electrons. The topological polar surface area (TPSA) is 26.7 Å². The second-order valence-electron chi connectivity index (χ2n) is 6.61. The van der Waals surface area contributed by atoms with Crippen LogP contribution >= 0.6 is 0 Å². The SMILES string of the molecule is CN1CCCC1CCN(C)C(CO)C(C)(C)C. The molecule has 1 N–H and O–H groups in total. The van der Waals surface area contributed by atoms with Crippen molar-refractivity contribution in [2.45, 2.75) is 52.1 Å². The van der Waals surface area contributed by atoms with E-state index >= 15 is 0 Å². The van der Waals surface area contributed by atoms with Crippen molar-refractivity contribution in [1.82, 2.24) is 9.80 Å². The zero-order valence-electron chi connectivity index (χ0n) is 12.2. The second kappa shape index (κ2) is 6.17. The molecular weight excluding hydrogens is 212 g/mol. The molecule has 1 aliphatic heterocycles. The molecule has 0 radical (unpaired) electrons. The van der Waals surface area contributed by atoms with Crippen molar-refractivity contribution in [3.8, 4) is 0 Å². The van der Waals surface area contributed by atoms with Gasteiger partial charge in [0.15, 0.2) is 0 Å². The van der Waals surface area contributed by atoms with Crippen molar-refractivity contribution >= 4 is 0 Å². The Balaban J connectivity index is 2.39. The molecule has 1 rings (SSSR count). The van der Waals surface area contributed by atoms with Crippen molar-refractivity contribution in [2.75, 3.05) is 33.8 Å². The van der Waals surface area contributed by atoms with Crippen LogP contribution in [0.25, 0.3) is 0 Å². The summed E-state index contributed by atoms with van der Waals surface area (Å²) in [5, 5.41) is 9.52. The molecule has 0 saturated carbocycles. The van der Waals surface area contributed by atoms with Gasteiger partial charge in [-0.1, -0.05) is 20.8 Å². The number of hydrogen-bond donors (Lipinski definition) is 1. The maximum absolute atomic E-state index is 9.52. The lowest BCUT2D eigenvalue weighted by Gasteiger charge is -2.37. The summed E-state index contributed by atoms with van der Waals surface area (Å²) in [5.74, 6) is 0. The van der Waals surface area contributed by atoms with Gasteiger partial charge in [-0.2, -0.15) is 0 Å². The van der Waals surface area contributed by atoms with Gasteiger partial charge in [-0.25, -0.2) is 0 Å². The first-order valence-electron chi connectivity index (χ1n) is 6.87. The second-order valence-corrected chi connectivity index (χ2v) is 6.61. The molecule has 1 fully saturated rings. The number of aliphatic hydroxyl groups is 1. The number of likely N-dealkylation sites (N-methyl/N-ethyl adjacent to an activating group) is 1. The maximum atomic E-state index is 9.52. The summed E-state index contributed by atoms with van der Waals surface area (Å²) < 4.78 is 0. The number of aliphatic hydroxyl groups excluding tert-OH is 1. The highest BCUT2D eigenvalue weighted by Crippen LogP contribution is 2.24. The molecule has 1 saturated heterocycles. The Morgan fingerprint density at radius 1 is 1.41 bits per heavy atom. The molecule has 1 heterocycles. The number of nitrogens with zero attached hydrogens (tertiary/aromatic N) is 2. The van der Waals surface area contributed by atoms with Crippen LogP contribution < -0.4 is 0 Å². The van der Waals surface area contributed by atoms with Gasteiger partial charge in [-0.15, -0.1) is 0 Å². The molecule has 2 unspecified atom stereocenters. The Labute approximate surface area is 107 Å². The zero-order valence-corrected chi connectivity index (χ0v) is 12.2. The molecular formula is C14H30N2O. The number of rotatable bonds is 5. The van der Waals surface area contributed by atoms with Gasteiger partial charge in [0.2, 0.25) is 0 Å². The third-order valence-corrected chi connectivity index (χ3v) is 4.19. The number of hydrogen-bond acceptors (Lipinski definition) is 3. The normalized spacial score (nSPS) is 24.5. The van der Waals surface area contributed by atoms with Crippen molar-refractivity contribution in [1.29, 1.82) is 0 Å². The summed E-state index contributed by atoms with van der Waals surface area (Å²) in [6.45, 7) is 9.18. The van der Waals surface area contributed by atoms with E-state index in [1.54, 1.807) is 0 Å². The van der Waals surface area contributed by atoms with E-state index in [1.165, 1.54) is 25.8 Å². The van der Waals surface area contributed by atoms with Gasteiger partial charge in [0.05, 0.1) is 6.61 Å². The van der Waals surface area contributed by atoms with Gasteiger partial charge in [0, 0.05) is 12.1 Å². The highest BCUT2D eigenvalue weighted by Gasteiger charge is 2.28. The zero-order chi connectivity index (χ0) is 13.1. The molecule has 1 aliphatic rings. The van der Waals surface area contributed by atoms with Crippen LogP contribution in [0.4, 0.5) is 0 Å². The standard InChI is InChI=1S/C14H30N2O/c1-14(2,3)13(11-17)16(5)10-8-12-7-6-9-15(12)4/h12-13,17H,6-11H2,1-5H3. The summed E-state index contributed by atoms with van der Waals surface area (Å²) >= 11 is 0. The van der Waals surface area contributed by atoms with Gasteiger partial charge in [-0.3, -0.25) is 0 Å². The van der Waals surface area contributed by atoms with Crippen LogP contribution in [-0.2, 0) is 0 Å². The molecule has 0 aromatic rings. The Kier molecular flexibility index (Phi) is 5.42. The van der Waals surface area contributed by atoms with Crippen LogP contribution in [-0.4, -0.2) is 60.8 Å². The van der Waals surface area contributed by atoms with Crippen LogP contribution in [0.15, 0.2) is 0 Å². The smallest absolute Gasteiger partial charge is 0.0591 e. The highest BCUT2D eigenvalue weighted by atomic mass is 16.3. The Morgan fingerprint density at radius 2 is 2.06 bits per heavy atom. The summed E-state index contributed by atoms with van der Waals surface area (Å²) in [5.41, 5.74) is 0.144. The van der Waals surface area contributed by atoms with Crippen LogP contribution in [0.5, 0.6) is 0 Å².